The number of carbonyl (C=O) groups excluding carboxylic acids is 3. The SMILES string of the molecule is CCCN1C(=O)N[C@H](c2ccc(NC(=O)c3ccc([N+](=O)[O-])cc3Cl)cc2)C(C(=O)OCC(C)C)=C1C. The van der Waals surface area contributed by atoms with E-state index in [0.29, 0.717) is 29.1 Å². The van der Waals surface area contributed by atoms with Crippen LogP contribution in [0.2, 0.25) is 5.02 Å². The van der Waals surface area contributed by atoms with E-state index in [1.807, 2.05) is 20.8 Å². The summed E-state index contributed by atoms with van der Waals surface area (Å²) in [4.78, 5) is 50.3. The van der Waals surface area contributed by atoms with E-state index < -0.39 is 22.8 Å². The Morgan fingerprint density at radius 1 is 1.22 bits per heavy atom. The van der Waals surface area contributed by atoms with Gasteiger partial charge < -0.3 is 15.4 Å². The van der Waals surface area contributed by atoms with Crippen molar-refractivity contribution in [2.45, 2.75) is 40.2 Å². The molecule has 0 saturated carbocycles. The number of benzene rings is 2. The number of ether oxygens (including phenoxy) is 1. The van der Waals surface area contributed by atoms with Crippen LogP contribution in [0.3, 0.4) is 0 Å². The molecule has 0 spiro atoms. The van der Waals surface area contributed by atoms with Gasteiger partial charge in [0.1, 0.15) is 0 Å². The lowest BCUT2D eigenvalue weighted by atomic mass is 9.94. The van der Waals surface area contributed by atoms with E-state index in [9.17, 15) is 24.5 Å². The maximum absolute atomic E-state index is 13.1. The minimum absolute atomic E-state index is 0.0463. The number of nitrogens with zero attached hydrogens (tertiary/aromatic N) is 2. The Kier molecular flexibility index (Phi) is 8.88. The van der Waals surface area contributed by atoms with Crippen LogP contribution in [0, 0.1) is 16.0 Å². The summed E-state index contributed by atoms with van der Waals surface area (Å²) in [5, 5.41) is 16.4. The number of non-ortho nitro benzene ring substituents is 1. The van der Waals surface area contributed by atoms with Crippen molar-refractivity contribution in [3.8, 4) is 0 Å². The smallest absolute Gasteiger partial charge is 0.338 e. The summed E-state index contributed by atoms with van der Waals surface area (Å²) in [6, 6.07) is 9.20. The molecule has 3 amide bonds. The standard InChI is InChI=1S/C26H29ClN4O6/c1-5-12-30-16(4)22(25(33)37-14-15(2)3)23(29-26(30)34)17-6-8-18(9-7-17)28-24(32)20-11-10-19(31(35)36)13-21(20)27/h6-11,13,15,23H,5,12,14H2,1-4H3,(H,28,32)(H,29,34)/t23-/m1/s1. The zero-order chi connectivity index (χ0) is 27.3. The molecular weight excluding hydrogens is 500 g/mol. The molecule has 0 unspecified atom stereocenters. The number of rotatable bonds is 9. The molecule has 3 rings (SSSR count). The Morgan fingerprint density at radius 3 is 2.46 bits per heavy atom. The van der Waals surface area contributed by atoms with E-state index in [-0.39, 0.29) is 34.8 Å². The molecule has 0 bridgehead atoms. The number of hydrogen-bond acceptors (Lipinski definition) is 6. The summed E-state index contributed by atoms with van der Waals surface area (Å²) in [6.07, 6.45) is 0.719. The lowest BCUT2D eigenvalue weighted by Crippen LogP contribution is -2.48. The number of allylic oxidation sites excluding steroid dienone is 1. The molecule has 0 fully saturated rings. The second kappa shape index (κ2) is 11.9. The minimum Gasteiger partial charge on any atom is -0.462 e. The molecule has 1 atom stereocenters. The minimum atomic E-state index is -0.728. The molecule has 2 aromatic rings. The van der Waals surface area contributed by atoms with Crippen molar-refractivity contribution < 1.29 is 24.0 Å². The molecule has 1 heterocycles. The van der Waals surface area contributed by atoms with Gasteiger partial charge in [-0.3, -0.25) is 19.8 Å². The van der Waals surface area contributed by atoms with Gasteiger partial charge >= 0.3 is 12.0 Å². The topological polar surface area (TPSA) is 131 Å². The third-order valence-corrected chi connectivity index (χ3v) is 6.03. The Hall–Kier alpha value is -3.92. The number of nitro benzene ring substituents is 1. The zero-order valence-electron chi connectivity index (χ0n) is 21.0. The molecule has 37 heavy (non-hydrogen) atoms. The highest BCUT2D eigenvalue weighted by atomic mass is 35.5. The summed E-state index contributed by atoms with van der Waals surface area (Å²) < 4.78 is 5.50. The van der Waals surface area contributed by atoms with Crippen LogP contribution in [0.4, 0.5) is 16.2 Å². The first-order valence-electron chi connectivity index (χ1n) is 11.8. The second-order valence-electron chi connectivity index (χ2n) is 9.02. The maximum Gasteiger partial charge on any atom is 0.338 e. The van der Waals surface area contributed by atoms with Crippen molar-refractivity contribution in [1.82, 2.24) is 10.2 Å². The van der Waals surface area contributed by atoms with Crippen molar-refractivity contribution in [3.63, 3.8) is 0 Å². The summed E-state index contributed by atoms with van der Waals surface area (Å²) in [5.74, 6) is -0.884. The Balaban J connectivity index is 1.85. The molecular formula is C26H29ClN4O6. The predicted octanol–water partition coefficient (Wildman–Crippen LogP) is 5.45. The molecule has 2 N–H and O–H groups in total. The summed E-state index contributed by atoms with van der Waals surface area (Å²) >= 11 is 6.06. The van der Waals surface area contributed by atoms with Gasteiger partial charge in [-0.25, -0.2) is 9.59 Å². The van der Waals surface area contributed by atoms with Gasteiger partial charge in [0.2, 0.25) is 0 Å². The van der Waals surface area contributed by atoms with Gasteiger partial charge in [-0.2, -0.15) is 0 Å². The van der Waals surface area contributed by atoms with Crippen LogP contribution in [0.15, 0.2) is 53.7 Å². The first-order chi connectivity index (χ1) is 17.5. The largest absolute Gasteiger partial charge is 0.462 e. The average Bonchev–Trinajstić information content (AvgIpc) is 2.85. The van der Waals surface area contributed by atoms with Gasteiger partial charge in [0.05, 0.1) is 33.7 Å². The zero-order valence-corrected chi connectivity index (χ0v) is 21.8. The molecule has 2 aromatic carbocycles. The normalized spacial score (nSPS) is 15.5. The number of esters is 1. The molecule has 0 radical (unpaired) electrons. The van der Waals surface area contributed by atoms with Crippen LogP contribution in [0.25, 0.3) is 0 Å². The third-order valence-electron chi connectivity index (χ3n) is 5.72. The van der Waals surface area contributed by atoms with Crippen molar-refractivity contribution in [1.29, 1.82) is 0 Å². The molecule has 0 aliphatic carbocycles. The molecule has 196 valence electrons. The fourth-order valence-electron chi connectivity index (χ4n) is 3.87. The predicted molar refractivity (Wildman–Crippen MR) is 139 cm³/mol. The van der Waals surface area contributed by atoms with Gasteiger partial charge in [-0.05, 0) is 43.0 Å². The van der Waals surface area contributed by atoms with Crippen molar-refractivity contribution in [2.24, 2.45) is 5.92 Å². The molecule has 1 aliphatic heterocycles. The lowest BCUT2D eigenvalue weighted by Gasteiger charge is -2.35. The third kappa shape index (κ3) is 6.45. The van der Waals surface area contributed by atoms with Gasteiger partial charge in [0.25, 0.3) is 11.6 Å². The highest BCUT2D eigenvalue weighted by molar-refractivity contribution is 6.34. The van der Waals surface area contributed by atoms with Crippen LogP contribution >= 0.6 is 11.6 Å². The number of halogens is 1. The average molecular weight is 529 g/mol. The van der Waals surface area contributed by atoms with Crippen molar-refractivity contribution in [3.05, 3.63) is 80.0 Å². The highest BCUT2D eigenvalue weighted by Gasteiger charge is 2.36. The quantitative estimate of drug-likeness (QED) is 0.253. The van der Waals surface area contributed by atoms with E-state index in [1.54, 1.807) is 31.2 Å². The molecule has 11 heteroatoms. The number of amides is 3. The van der Waals surface area contributed by atoms with Gasteiger partial charge in [-0.1, -0.05) is 44.5 Å². The van der Waals surface area contributed by atoms with Crippen molar-refractivity contribution in [2.75, 3.05) is 18.5 Å². The Morgan fingerprint density at radius 2 is 1.89 bits per heavy atom. The van der Waals surface area contributed by atoms with E-state index >= 15 is 0 Å². The molecule has 0 aromatic heterocycles. The first-order valence-corrected chi connectivity index (χ1v) is 12.2. The number of nitro groups is 1. The number of urea groups is 1. The first kappa shape index (κ1) is 27.7. The van der Waals surface area contributed by atoms with Crippen LogP contribution in [0.5, 0.6) is 0 Å². The number of nitrogens with one attached hydrogen (secondary N) is 2. The van der Waals surface area contributed by atoms with Crippen LogP contribution in [0.1, 0.15) is 56.1 Å². The molecule has 1 aliphatic rings. The fourth-order valence-corrected chi connectivity index (χ4v) is 4.13. The fraction of sp³-hybridized carbons (Fsp3) is 0.346. The highest BCUT2D eigenvalue weighted by Crippen LogP contribution is 2.32. The summed E-state index contributed by atoms with van der Waals surface area (Å²) in [7, 11) is 0. The Labute approximate surface area is 219 Å². The van der Waals surface area contributed by atoms with Gasteiger partial charge in [0.15, 0.2) is 0 Å². The summed E-state index contributed by atoms with van der Waals surface area (Å²) in [5.41, 5.74) is 1.82. The van der Waals surface area contributed by atoms with Crippen molar-refractivity contribution >= 4 is 40.9 Å². The molecule has 0 saturated heterocycles. The maximum atomic E-state index is 13.1. The number of carbonyl (C=O) groups is 3. The lowest BCUT2D eigenvalue weighted by molar-refractivity contribution is -0.384. The van der Waals surface area contributed by atoms with E-state index in [1.165, 1.54) is 17.0 Å². The van der Waals surface area contributed by atoms with Crippen LogP contribution in [-0.4, -0.2) is 40.9 Å². The number of anilines is 1. The van der Waals surface area contributed by atoms with E-state index in [4.69, 9.17) is 16.3 Å². The summed E-state index contributed by atoms with van der Waals surface area (Å²) in [6.45, 7) is 8.27. The van der Waals surface area contributed by atoms with Gasteiger partial charge in [0, 0.05) is 30.1 Å². The molecule has 10 nitrogen and oxygen atoms in total. The second-order valence-corrected chi connectivity index (χ2v) is 9.43. The monoisotopic (exact) mass is 528 g/mol. The van der Waals surface area contributed by atoms with Gasteiger partial charge in [-0.15, -0.1) is 0 Å². The van der Waals surface area contributed by atoms with E-state index in [0.717, 1.165) is 12.5 Å². The van der Waals surface area contributed by atoms with E-state index in [2.05, 4.69) is 10.6 Å². The Bertz CT molecular complexity index is 1240. The van der Waals surface area contributed by atoms with Crippen LogP contribution in [-0.2, 0) is 9.53 Å². The van der Waals surface area contributed by atoms with Crippen LogP contribution < -0.4 is 10.6 Å². The number of hydrogen-bond donors (Lipinski definition) is 2.